The van der Waals surface area contributed by atoms with Crippen molar-refractivity contribution in [1.82, 2.24) is 5.32 Å². The largest absolute Gasteiger partial charge is 0.356 e. The van der Waals surface area contributed by atoms with Gasteiger partial charge in [0.15, 0.2) is 0 Å². The van der Waals surface area contributed by atoms with Crippen LogP contribution in [-0.4, -0.2) is 19.0 Å². The van der Waals surface area contributed by atoms with Crippen molar-refractivity contribution < 1.29 is 4.79 Å². The third-order valence-electron chi connectivity index (χ3n) is 8.33. The lowest BCUT2D eigenvalue weighted by Crippen LogP contribution is -2.27. The smallest absolute Gasteiger partial charge is 0.219 e. The van der Waals surface area contributed by atoms with Gasteiger partial charge in [-0.05, 0) is 60.6 Å². The Morgan fingerprint density at radius 3 is 2.45 bits per heavy atom. The maximum absolute atomic E-state index is 12.0. The van der Waals surface area contributed by atoms with Crippen molar-refractivity contribution in [3.05, 3.63) is 113 Å². The van der Waals surface area contributed by atoms with E-state index in [9.17, 15) is 4.79 Å². The first-order valence-corrected chi connectivity index (χ1v) is 15.1. The number of hydrogen-bond acceptors (Lipinski definition) is 2. The van der Waals surface area contributed by atoms with Gasteiger partial charge in [-0.2, -0.15) is 0 Å². The van der Waals surface area contributed by atoms with Crippen LogP contribution in [0.5, 0.6) is 0 Å². The first-order valence-electron chi connectivity index (χ1n) is 15.1. The molecule has 214 valence electrons. The molecule has 0 aliphatic carbocycles. The molecule has 2 aromatic carbocycles. The Bertz CT molecular complexity index is 1240. The van der Waals surface area contributed by atoms with Gasteiger partial charge in [0.1, 0.15) is 0 Å². The zero-order valence-corrected chi connectivity index (χ0v) is 25.7. The minimum atomic E-state index is -0.129. The van der Waals surface area contributed by atoms with Gasteiger partial charge in [0, 0.05) is 41.7 Å². The number of hydrogen-bond donors (Lipinski definition) is 1. The lowest BCUT2D eigenvalue weighted by atomic mass is 9.76. The highest BCUT2D eigenvalue weighted by Gasteiger charge is 2.39. The molecule has 0 fully saturated rings. The van der Waals surface area contributed by atoms with Gasteiger partial charge in [0.05, 0.1) is 0 Å². The molecule has 0 spiro atoms. The van der Waals surface area contributed by atoms with Crippen molar-refractivity contribution in [1.29, 1.82) is 0 Å². The fourth-order valence-electron chi connectivity index (χ4n) is 5.65. The maximum Gasteiger partial charge on any atom is 0.219 e. The van der Waals surface area contributed by atoms with Crippen molar-refractivity contribution >= 4 is 11.6 Å². The summed E-state index contributed by atoms with van der Waals surface area (Å²) in [6.07, 6.45) is 16.6. The highest BCUT2D eigenvalue weighted by Crippen LogP contribution is 2.47. The highest BCUT2D eigenvalue weighted by atomic mass is 16.1. The van der Waals surface area contributed by atoms with Crippen LogP contribution in [0.15, 0.2) is 96.8 Å². The molecule has 3 rings (SSSR count). The predicted molar refractivity (Wildman–Crippen MR) is 173 cm³/mol. The molecule has 40 heavy (non-hydrogen) atoms. The van der Waals surface area contributed by atoms with Gasteiger partial charge in [-0.1, -0.05) is 121 Å². The van der Waals surface area contributed by atoms with Crippen molar-refractivity contribution in [2.75, 3.05) is 18.0 Å². The third kappa shape index (κ3) is 7.65. The molecule has 1 aliphatic rings. The van der Waals surface area contributed by atoms with Crippen LogP contribution in [0.1, 0.15) is 89.8 Å². The Balaban J connectivity index is 1.65. The number of rotatable bonds is 14. The molecule has 2 aromatic rings. The topological polar surface area (TPSA) is 32.3 Å². The van der Waals surface area contributed by atoms with Gasteiger partial charge in [-0.3, -0.25) is 4.79 Å². The Kier molecular flexibility index (Phi) is 11.2. The second-order valence-corrected chi connectivity index (χ2v) is 12.1. The van der Waals surface area contributed by atoms with E-state index in [1.54, 1.807) is 0 Å². The van der Waals surface area contributed by atoms with Gasteiger partial charge in [0.25, 0.3) is 0 Å². The SMILES string of the molecule is C=C(/C=C/C=C/C=C1/N(CCCCCC(=O)NCCCC)c2ccccc2C1(C)C)C(C)(C)c1ccccc1C. The number of unbranched alkanes of at least 4 members (excludes halogenated alkanes) is 3. The summed E-state index contributed by atoms with van der Waals surface area (Å²) in [6, 6.07) is 17.3. The van der Waals surface area contributed by atoms with Gasteiger partial charge in [0.2, 0.25) is 5.91 Å². The molecule has 0 unspecified atom stereocenters. The zero-order valence-electron chi connectivity index (χ0n) is 25.7. The van der Waals surface area contributed by atoms with Crippen molar-refractivity contribution in [3.8, 4) is 0 Å². The number of carbonyl (C=O) groups is 1. The van der Waals surface area contributed by atoms with Crippen LogP contribution in [0.3, 0.4) is 0 Å². The number of para-hydroxylation sites is 1. The fourth-order valence-corrected chi connectivity index (χ4v) is 5.65. The molecular formula is C37H50N2O. The van der Waals surface area contributed by atoms with Crippen LogP contribution in [0.2, 0.25) is 0 Å². The number of carbonyl (C=O) groups excluding carboxylic acids is 1. The van der Waals surface area contributed by atoms with E-state index in [1.165, 1.54) is 28.1 Å². The standard InChI is InChI=1S/C37H50N2O/c1-8-9-27-38-35(40)26-14-11-19-28-39-33-24-18-17-23-32(33)37(6,7)34(39)25-13-10-12-21-30(3)36(4,5)31-22-16-15-20-29(31)2/h10,12-13,15-18,20-25H,3,8-9,11,14,19,26-28H2,1-2,4-7H3,(H,38,40)/b13-10+,21-12+,34-25+. The molecule has 1 amide bonds. The van der Waals surface area contributed by atoms with Gasteiger partial charge in [-0.25, -0.2) is 0 Å². The van der Waals surface area contributed by atoms with E-state index in [0.717, 1.165) is 50.8 Å². The number of nitrogens with one attached hydrogen (secondary N) is 1. The quantitative estimate of drug-likeness (QED) is 0.192. The fraction of sp³-hybridized carbons (Fsp3) is 0.432. The monoisotopic (exact) mass is 538 g/mol. The van der Waals surface area contributed by atoms with Gasteiger partial charge < -0.3 is 10.2 Å². The molecule has 3 nitrogen and oxygen atoms in total. The van der Waals surface area contributed by atoms with E-state index in [0.29, 0.717) is 6.42 Å². The maximum atomic E-state index is 12.0. The van der Waals surface area contributed by atoms with E-state index in [4.69, 9.17) is 0 Å². The predicted octanol–water partition coefficient (Wildman–Crippen LogP) is 9.10. The number of fused-ring (bicyclic) bond motifs is 1. The summed E-state index contributed by atoms with van der Waals surface area (Å²) in [5.74, 6) is 0.185. The van der Waals surface area contributed by atoms with E-state index in [1.807, 2.05) is 0 Å². The summed E-state index contributed by atoms with van der Waals surface area (Å²) in [6.45, 7) is 19.6. The second-order valence-electron chi connectivity index (χ2n) is 12.1. The van der Waals surface area contributed by atoms with E-state index in [-0.39, 0.29) is 16.7 Å². The van der Waals surface area contributed by atoms with E-state index in [2.05, 4.69) is 137 Å². The first kappa shape index (κ1) is 31.2. The molecule has 3 heteroatoms. The summed E-state index contributed by atoms with van der Waals surface area (Å²) in [5.41, 5.74) is 7.48. The summed E-state index contributed by atoms with van der Waals surface area (Å²) in [4.78, 5) is 14.5. The molecular weight excluding hydrogens is 488 g/mol. The summed E-state index contributed by atoms with van der Waals surface area (Å²) in [7, 11) is 0. The Morgan fingerprint density at radius 2 is 1.70 bits per heavy atom. The van der Waals surface area contributed by atoms with Crippen LogP contribution >= 0.6 is 0 Å². The molecule has 1 aliphatic heterocycles. The summed E-state index contributed by atoms with van der Waals surface area (Å²) >= 11 is 0. The lowest BCUT2D eigenvalue weighted by Gasteiger charge is -2.28. The molecule has 1 N–H and O–H groups in total. The van der Waals surface area contributed by atoms with E-state index < -0.39 is 0 Å². The second kappa shape index (κ2) is 14.3. The molecule has 0 saturated carbocycles. The molecule has 0 radical (unpaired) electrons. The van der Waals surface area contributed by atoms with Crippen molar-refractivity contribution in [2.45, 2.75) is 90.9 Å². The molecule has 0 bridgehead atoms. The normalized spacial score (nSPS) is 15.8. The van der Waals surface area contributed by atoms with Gasteiger partial charge in [-0.15, -0.1) is 0 Å². The summed E-state index contributed by atoms with van der Waals surface area (Å²) in [5, 5.41) is 3.03. The number of allylic oxidation sites excluding steroid dienone is 7. The molecule has 1 heterocycles. The van der Waals surface area contributed by atoms with Crippen LogP contribution in [-0.2, 0) is 15.6 Å². The Morgan fingerprint density at radius 1 is 0.975 bits per heavy atom. The average molecular weight is 539 g/mol. The number of benzene rings is 2. The van der Waals surface area contributed by atoms with Crippen LogP contribution in [0.25, 0.3) is 0 Å². The van der Waals surface area contributed by atoms with Crippen LogP contribution in [0.4, 0.5) is 5.69 Å². The third-order valence-corrected chi connectivity index (χ3v) is 8.33. The first-order chi connectivity index (χ1) is 19.1. The Labute approximate surface area is 243 Å². The van der Waals surface area contributed by atoms with Crippen molar-refractivity contribution in [3.63, 3.8) is 0 Å². The molecule has 0 aromatic heterocycles. The summed E-state index contributed by atoms with van der Waals surface area (Å²) < 4.78 is 0. The van der Waals surface area contributed by atoms with Crippen molar-refractivity contribution in [2.24, 2.45) is 0 Å². The molecule has 0 saturated heterocycles. The number of amides is 1. The number of anilines is 1. The number of aryl methyl sites for hydroxylation is 1. The minimum Gasteiger partial charge on any atom is -0.356 e. The van der Waals surface area contributed by atoms with E-state index >= 15 is 0 Å². The van der Waals surface area contributed by atoms with Gasteiger partial charge >= 0.3 is 0 Å². The average Bonchev–Trinajstić information content (AvgIpc) is 3.14. The highest BCUT2D eigenvalue weighted by molar-refractivity contribution is 5.75. The van der Waals surface area contributed by atoms with Crippen LogP contribution < -0.4 is 10.2 Å². The zero-order chi connectivity index (χ0) is 29.2. The lowest BCUT2D eigenvalue weighted by molar-refractivity contribution is -0.121. The van der Waals surface area contributed by atoms with Crippen LogP contribution in [0, 0.1) is 6.92 Å². The molecule has 0 atom stereocenters. The number of nitrogens with zero attached hydrogens (tertiary/aromatic N) is 1. The Hall–Kier alpha value is -3.33. The minimum absolute atomic E-state index is 0.0692.